The summed E-state index contributed by atoms with van der Waals surface area (Å²) < 4.78 is 28.4. The summed E-state index contributed by atoms with van der Waals surface area (Å²) in [6, 6.07) is 8.29. The molecule has 3 aromatic rings. The summed E-state index contributed by atoms with van der Waals surface area (Å²) in [7, 11) is -3.80. The van der Waals surface area contributed by atoms with Gasteiger partial charge in [-0.1, -0.05) is 17.7 Å². The van der Waals surface area contributed by atoms with Gasteiger partial charge in [-0.05, 0) is 44.5 Å². The molecule has 5 nitrogen and oxygen atoms in total. The van der Waals surface area contributed by atoms with Crippen LogP contribution in [0.2, 0.25) is 0 Å². The molecular formula is C17H18N2O3S. The molecule has 0 unspecified atom stereocenters. The fourth-order valence-corrected chi connectivity index (χ4v) is 4.04. The molecule has 0 bridgehead atoms. The minimum atomic E-state index is -3.80. The SMILES string of the molecule is CCn1cc(C)c2ccn(S(=O)(=O)c3ccc(C)cc3)c2c1=O. The quantitative estimate of drug-likeness (QED) is 0.742. The summed E-state index contributed by atoms with van der Waals surface area (Å²) in [4.78, 5) is 12.8. The Balaban J connectivity index is 2.34. The predicted octanol–water partition coefficient (Wildman–Crippen LogP) is 2.68. The van der Waals surface area contributed by atoms with E-state index in [1.54, 1.807) is 36.5 Å². The molecule has 2 heterocycles. The van der Waals surface area contributed by atoms with Gasteiger partial charge in [0.15, 0.2) is 0 Å². The van der Waals surface area contributed by atoms with Crippen molar-refractivity contribution in [2.24, 2.45) is 0 Å². The molecule has 2 aromatic heterocycles. The molecule has 0 aliphatic rings. The van der Waals surface area contributed by atoms with Crippen LogP contribution in [0.15, 0.2) is 52.4 Å². The Labute approximate surface area is 134 Å². The van der Waals surface area contributed by atoms with E-state index in [9.17, 15) is 13.2 Å². The number of fused-ring (bicyclic) bond motifs is 1. The molecule has 1 aromatic carbocycles. The minimum absolute atomic E-state index is 0.171. The van der Waals surface area contributed by atoms with Crippen LogP contribution in [0, 0.1) is 13.8 Å². The summed E-state index contributed by atoms with van der Waals surface area (Å²) in [5.41, 5.74) is 1.76. The average Bonchev–Trinajstić information content (AvgIpc) is 2.98. The maximum absolute atomic E-state index is 12.9. The van der Waals surface area contributed by atoms with Crippen molar-refractivity contribution in [2.45, 2.75) is 32.2 Å². The van der Waals surface area contributed by atoms with E-state index in [1.165, 1.54) is 10.8 Å². The van der Waals surface area contributed by atoms with E-state index in [2.05, 4.69) is 0 Å². The number of nitrogens with zero attached hydrogens (tertiary/aromatic N) is 2. The van der Waals surface area contributed by atoms with Gasteiger partial charge in [0.25, 0.3) is 15.6 Å². The molecule has 0 aliphatic heterocycles. The van der Waals surface area contributed by atoms with Crippen molar-refractivity contribution in [3.8, 4) is 0 Å². The highest BCUT2D eigenvalue weighted by Gasteiger charge is 2.21. The van der Waals surface area contributed by atoms with Gasteiger partial charge < -0.3 is 4.57 Å². The van der Waals surface area contributed by atoms with Gasteiger partial charge in [-0.15, -0.1) is 0 Å². The second kappa shape index (κ2) is 5.38. The first-order valence-corrected chi connectivity index (χ1v) is 8.83. The molecule has 0 saturated heterocycles. The zero-order chi connectivity index (χ0) is 16.8. The lowest BCUT2D eigenvalue weighted by Crippen LogP contribution is -2.24. The molecule has 0 spiro atoms. The fourth-order valence-electron chi connectivity index (χ4n) is 2.70. The minimum Gasteiger partial charge on any atom is -0.314 e. The zero-order valence-electron chi connectivity index (χ0n) is 13.3. The van der Waals surface area contributed by atoms with Crippen molar-refractivity contribution in [3.63, 3.8) is 0 Å². The van der Waals surface area contributed by atoms with E-state index in [4.69, 9.17) is 0 Å². The van der Waals surface area contributed by atoms with E-state index in [0.717, 1.165) is 15.1 Å². The van der Waals surface area contributed by atoms with E-state index in [1.807, 2.05) is 20.8 Å². The Morgan fingerprint density at radius 1 is 1.04 bits per heavy atom. The smallest absolute Gasteiger partial charge is 0.276 e. The first kappa shape index (κ1) is 15.6. The van der Waals surface area contributed by atoms with Crippen molar-refractivity contribution in [3.05, 3.63) is 64.2 Å². The number of aryl methyl sites for hydroxylation is 3. The first-order chi connectivity index (χ1) is 10.9. The highest BCUT2D eigenvalue weighted by Crippen LogP contribution is 2.22. The van der Waals surface area contributed by atoms with Crippen LogP contribution in [-0.4, -0.2) is 17.0 Å². The van der Waals surface area contributed by atoms with E-state index in [-0.39, 0.29) is 16.0 Å². The van der Waals surface area contributed by atoms with Crippen LogP contribution in [0.1, 0.15) is 18.1 Å². The van der Waals surface area contributed by atoms with Gasteiger partial charge in [0.1, 0.15) is 5.52 Å². The van der Waals surface area contributed by atoms with Gasteiger partial charge in [-0.25, -0.2) is 12.4 Å². The summed E-state index contributed by atoms with van der Waals surface area (Å²) in [5, 5.41) is 0.662. The lowest BCUT2D eigenvalue weighted by atomic mass is 10.2. The van der Waals surface area contributed by atoms with Crippen LogP contribution in [-0.2, 0) is 16.6 Å². The molecule has 0 atom stereocenters. The monoisotopic (exact) mass is 330 g/mol. The molecule has 23 heavy (non-hydrogen) atoms. The molecule has 3 rings (SSSR count). The van der Waals surface area contributed by atoms with Gasteiger partial charge in [-0.3, -0.25) is 4.79 Å². The Morgan fingerprint density at radius 3 is 2.30 bits per heavy atom. The number of aromatic nitrogens is 2. The normalized spacial score (nSPS) is 12.0. The topological polar surface area (TPSA) is 61.1 Å². The molecule has 0 radical (unpaired) electrons. The van der Waals surface area contributed by atoms with Crippen LogP contribution in [0.4, 0.5) is 0 Å². The summed E-state index contributed by atoms with van der Waals surface area (Å²) >= 11 is 0. The molecule has 0 saturated carbocycles. The van der Waals surface area contributed by atoms with Crippen LogP contribution in [0.5, 0.6) is 0 Å². The largest absolute Gasteiger partial charge is 0.314 e. The maximum Gasteiger partial charge on any atom is 0.276 e. The third kappa shape index (κ3) is 2.39. The number of hydrogen-bond acceptors (Lipinski definition) is 3. The van der Waals surface area contributed by atoms with Gasteiger partial charge in [0.2, 0.25) is 0 Å². The number of rotatable bonds is 3. The maximum atomic E-state index is 12.9. The van der Waals surface area contributed by atoms with E-state index >= 15 is 0 Å². The van der Waals surface area contributed by atoms with Gasteiger partial charge >= 0.3 is 0 Å². The Kier molecular flexibility index (Phi) is 3.64. The molecule has 0 aliphatic carbocycles. The number of benzene rings is 1. The third-order valence-electron chi connectivity index (χ3n) is 4.01. The highest BCUT2D eigenvalue weighted by atomic mass is 32.2. The van der Waals surface area contributed by atoms with Crippen LogP contribution < -0.4 is 5.56 Å². The van der Waals surface area contributed by atoms with Crippen molar-refractivity contribution >= 4 is 20.9 Å². The molecule has 6 heteroatoms. The molecule has 0 fully saturated rings. The lowest BCUT2D eigenvalue weighted by molar-refractivity contribution is 0.588. The summed E-state index contributed by atoms with van der Waals surface area (Å²) in [6.07, 6.45) is 3.21. The Bertz CT molecular complexity index is 1040. The van der Waals surface area contributed by atoms with Crippen LogP contribution in [0.25, 0.3) is 10.9 Å². The molecule has 120 valence electrons. The summed E-state index contributed by atoms with van der Waals surface area (Å²) in [5.74, 6) is 0. The van der Waals surface area contributed by atoms with Crippen molar-refractivity contribution in [1.29, 1.82) is 0 Å². The lowest BCUT2D eigenvalue weighted by Gasteiger charge is -2.10. The molecule has 0 N–H and O–H groups in total. The fraction of sp³-hybridized carbons (Fsp3) is 0.235. The van der Waals surface area contributed by atoms with Crippen LogP contribution in [0.3, 0.4) is 0 Å². The van der Waals surface area contributed by atoms with E-state index in [0.29, 0.717) is 11.9 Å². The first-order valence-electron chi connectivity index (χ1n) is 7.39. The van der Waals surface area contributed by atoms with Crippen molar-refractivity contribution in [2.75, 3.05) is 0 Å². The predicted molar refractivity (Wildman–Crippen MR) is 90.4 cm³/mol. The van der Waals surface area contributed by atoms with Crippen molar-refractivity contribution in [1.82, 2.24) is 8.54 Å². The second-order valence-electron chi connectivity index (χ2n) is 5.60. The van der Waals surface area contributed by atoms with Gasteiger partial charge in [0, 0.05) is 24.3 Å². The highest BCUT2D eigenvalue weighted by molar-refractivity contribution is 7.90. The Morgan fingerprint density at radius 2 is 1.70 bits per heavy atom. The zero-order valence-corrected chi connectivity index (χ0v) is 14.1. The van der Waals surface area contributed by atoms with Crippen LogP contribution >= 0.6 is 0 Å². The van der Waals surface area contributed by atoms with Gasteiger partial charge in [0.05, 0.1) is 4.90 Å². The number of pyridine rings is 1. The standard InChI is InChI=1S/C17H18N2O3S/c1-4-18-11-13(3)15-9-10-19(16(15)17(18)20)23(21,22)14-7-5-12(2)6-8-14/h5-11H,4H2,1-3H3. The third-order valence-corrected chi connectivity index (χ3v) is 5.70. The Hall–Kier alpha value is -2.34. The summed E-state index contributed by atoms with van der Waals surface area (Å²) in [6.45, 7) is 6.11. The average molecular weight is 330 g/mol. The van der Waals surface area contributed by atoms with E-state index < -0.39 is 10.0 Å². The van der Waals surface area contributed by atoms with Gasteiger partial charge in [-0.2, -0.15) is 0 Å². The number of hydrogen-bond donors (Lipinski definition) is 0. The second-order valence-corrected chi connectivity index (χ2v) is 7.41. The molecule has 0 amide bonds. The van der Waals surface area contributed by atoms with Crippen molar-refractivity contribution < 1.29 is 8.42 Å². The molecular weight excluding hydrogens is 312 g/mol.